The Hall–Kier alpha value is -1.55. The first-order chi connectivity index (χ1) is 9.29. The summed E-state index contributed by atoms with van der Waals surface area (Å²) in [5.41, 5.74) is 7.90. The summed E-state index contributed by atoms with van der Waals surface area (Å²) in [5, 5.41) is 0. The van der Waals surface area contributed by atoms with Gasteiger partial charge in [-0.2, -0.15) is 0 Å². The highest BCUT2D eigenvalue weighted by Gasteiger charge is 2.10. The van der Waals surface area contributed by atoms with Crippen LogP contribution in [0.2, 0.25) is 0 Å². The number of aryl methyl sites for hydroxylation is 2. The number of unbranched alkanes of at least 4 members (excludes halogenated alkanes) is 1. The van der Waals surface area contributed by atoms with E-state index < -0.39 is 0 Å². The van der Waals surface area contributed by atoms with Crippen LogP contribution in [0.1, 0.15) is 36.8 Å². The van der Waals surface area contributed by atoms with Crippen LogP contribution in [0, 0.1) is 0 Å². The average Bonchev–Trinajstić information content (AvgIpc) is 2.44. The van der Waals surface area contributed by atoms with E-state index in [1.165, 1.54) is 11.1 Å². The Labute approximate surface area is 114 Å². The van der Waals surface area contributed by atoms with E-state index in [-0.39, 0.29) is 5.91 Å². The molecule has 0 fully saturated rings. The predicted molar refractivity (Wildman–Crippen MR) is 75.0 cm³/mol. The molecule has 1 aromatic rings. The van der Waals surface area contributed by atoms with Crippen LogP contribution in [-0.2, 0) is 17.6 Å². The maximum atomic E-state index is 11.3. The van der Waals surface area contributed by atoms with E-state index in [0.717, 1.165) is 44.5 Å². The monoisotopic (exact) mass is 262 g/mol. The van der Waals surface area contributed by atoms with Crippen molar-refractivity contribution in [1.29, 1.82) is 0 Å². The molecular formula is C15H22N2O2. The molecule has 1 aliphatic heterocycles. The van der Waals surface area contributed by atoms with Gasteiger partial charge in [0.25, 0.3) is 0 Å². The van der Waals surface area contributed by atoms with Crippen molar-refractivity contribution in [3.8, 4) is 5.75 Å². The Morgan fingerprint density at radius 3 is 3.11 bits per heavy atom. The zero-order chi connectivity index (χ0) is 13.5. The molecular weight excluding hydrogens is 240 g/mol. The highest BCUT2D eigenvalue weighted by Crippen LogP contribution is 2.26. The zero-order valence-electron chi connectivity index (χ0n) is 11.5. The maximum Gasteiger partial charge on any atom is 0.234 e. The molecule has 0 aromatic heterocycles. The summed E-state index contributed by atoms with van der Waals surface area (Å²) in [5.74, 6) is 1.10. The summed E-state index contributed by atoms with van der Waals surface area (Å²) in [6.07, 6.45) is 5.79. The van der Waals surface area contributed by atoms with Gasteiger partial charge in [0.15, 0.2) is 0 Å². The molecule has 4 heteroatoms. The van der Waals surface area contributed by atoms with Crippen molar-refractivity contribution < 1.29 is 9.53 Å². The highest BCUT2D eigenvalue weighted by molar-refractivity contribution is 5.75. The first-order valence-corrected chi connectivity index (χ1v) is 7.00. The number of hydrazine groups is 1. The number of carbonyl (C=O) groups is 1. The van der Waals surface area contributed by atoms with Crippen molar-refractivity contribution in [1.82, 2.24) is 10.9 Å². The fraction of sp³-hybridized carbons (Fsp3) is 0.533. The number of ether oxygens (including phenoxy) is 1. The lowest BCUT2D eigenvalue weighted by atomic mass is 10.00. The van der Waals surface area contributed by atoms with Crippen LogP contribution in [0.5, 0.6) is 5.75 Å². The minimum atomic E-state index is 0.0568. The Bertz CT molecular complexity index is 432. The molecule has 0 bridgehead atoms. The molecule has 0 radical (unpaired) electrons. The van der Waals surface area contributed by atoms with Crippen molar-refractivity contribution in [2.24, 2.45) is 0 Å². The van der Waals surface area contributed by atoms with Crippen LogP contribution in [-0.4, -0.2) is 19.6 Å². The summed E-state index contributed by atoms with van der Waals surface area (Å²) >= 11 is 0. The molecule has 104 valence electrons. The Balaban J connectivity index is 1.75. The van der Waals surface area contributed by atoms with Crippen molar-refractivity contribution in [3.63, 3.8) is 0 Å². The Kier molecular flexibility index (Phi) is 5.21. The number of hydrogen-bond acceptors (Lipinski definition) is 3. The lowest BCUT2D eigenvalue weighted by Crippen LogP contribution is -2.33. The van der Waals surface area contributed by atoms with E-state index in [1.54, 1.807) is 7.05 Å². The van der Waals surface area contributed by atoms with Gasteiger partial charge < -0.3 is 4.74 Å². The Morgan fingerprint density at radius 1 is 1.37 bits per heavy atom. The number of nitrogens with one attached hydrogen (secondary N) is 2. The number of amides is 1. The number of rotatable bonds is 6. The van der Waals surface area contributed by atoms with Crippen LogP contribution in [0.25, 0.3) is 0 Å². The standard InChI is InChI=1S/C15H22N2O2/c1-16-17-15(18)7-3-2-5-12-8-9-14-13(11-12)6-4-10-19-14/h8-9,11,16H,2-7,10H2,1H3,(H,17,18). The van der Waals surface area contributed by atoms with E-state index in [0.29, 0.717) is 6.42 Å². The van der Waals surface area contributed by atoms with Gasteiger partial charge >= 0.3 is 0 Å². The van der Waals surface area contributed by atoms with Crippen LogP contribution in [0.4, 0.5) is 0 Å². The summed E-state index contributed by atoms with van der Waals surface area (Å²) in [6, 6.07) is 6.47. The molecule has 2 rings (SSSR count). The van der Waals surface area contributed by atoms with Crippen molar-refractivity contribution in [2.45, 2.75) is 38.5 Å². The second-order valence-electron chi connectivity index (χ2n) is 4.90. The van der Waals surface area contributed by atoms with E-state index in [1.807, 2.05) is 0 Å². The van der Waals surface area contributed by atoms with Gasteiger partial charge in [-0.25, -0.2) is 5.43 Å². The molecule has 1 amide bonds. The van der Waals surface area contributed by atoms with Crippen molar-refractivity contribution in [2.75, 3.05) is 13.7 Å². The lowest BCUT2D eigenvalue weighted by molar-refractivity contribution is -0.122. The molecule has 0 unspecified atom stereocenters. The van der Waals surface area contributed by atoms with Gasteiger partial charge in [-0.05, 0) is 49.3 Å². The van der Waals surface area contributed by atoms with Crippen LogP contribution in [0.15, 0.2) is 18.2 Å². The third-order valence-electron chi connectivity index (χ3n) is 3.36. The number of benzene rings is 1. The maximum absolute atomic E-state index is 11.3. The minimum absolute atomic E-state index is 0.0568. The summed E-state index contributed by atoms with van der Waals surface area (Å²) < 4.78 is 5.60. The summed E-state index contributed by atoms with van der Waals surface area (Å²) in [6.45, 7) is 0.840. The van der Waals surface area contributed by atoms with E-state index in [2.05, 4.69) is 29.1 Å². The molecule has 1 aromatic carbocycles. The largest absolute Gasteiger partial charge is 0.493 e. The average molecular weight is 262 g/mol. The predicted octanol–water partition coefficient (Wildman–Crippen LogP) is 1.97. The first-order valence-electron chi connectivity index (χ1n) is 7.00. The third-order valence-corrected chi connectivity index (χ3v) is 3.36. The second-order valence-corrected chi connectivity index (χ2v) is 4.90. The first kappa shape index (κ1) is 13.9. The molecule has 0 spiro atoms. The minimum Gasteiger partial charge on any atom is -0.493 e. The Morgan fingerprint density at radius 2 is 2.26 bits per heavy atom. The molecule has 1 aliphatic rings. The number of hydrogen-bond donors (Lipinski definition) is 2. The van der Waals surface area contributed by atoms with Gasteiger partial charge in [-0.15, -0.1) is 0 Å². The summed E-state index contributed by atoms with van der Waals surface area (Å²) in [7, 11) is 1.70. The zero-order valence-corrected chi connectivity index (χ0v) is 11.5. The van der Waals surface area contributed by atoms with Crippen molar-refractivity contribution in [3.05, 3.63) is 29.3 Å². The molecule has 19 heavy (non-hydrogen) atoms. The van der Waals surface area contributed by atoms with Gasteiger partial charge in [-0.1, -0.05) is 12.1 Å². The van der Waals surface area contributed by atoms with Crippen LogP contribution in [0.3, 0.4) is 0 Å². The second kappa shape index (κ2) is 7.14. The normalized spacial score (nSPS) is 13.5. The third kappa shape index (κ3) is 4.24. The van der Waals surface area contributed by atoms with Gasteiger partial charge in [0, 0.05) is 13.5 Å². The highest BCUT2D eigenvalue weighted by atomic mass is 16.5. The molecule has 0 atom stereocenters. The van der Waals surface area contributed by atoms with Gasteiger partial charge in [0.1, 0.15) is 5.75 Å². The number of fused-ring (bicyclic) bond motifs is 1. The van der Waals surface area contributed by atoms with Crippen LogP contribution < -0.4 is 15.6 Å². The van der Waals surface area contributed by atoms with E-state index in [4.69, 9.17) is 4.74 Å². The van der Waals surface area contributed by atoms with Crippen molar-refractivity contribution >= 4 is 5.91 Å². The number of carbonyl (C=O) groups excluding carboxylic acids is 1. The smallest absolute Gasteiger partial charge is 0.234 e. The van der Waals surface area contributed by atoms with Gasteiger partial charge in [0.05, 0.1) is 6.61 Å². The van der Waals surface area contributed by atoms with Gasteiger partial charge in [-0.3, -0.25) is 10.2 Å². The van der Waals surface area contributed by atoms with E-state index in [9.17, 15) is 4.79 Å². The molecule has 0 saturated carbocycles. The SMILES string of the molecule is CNNC(=O)CCCCc1ccc2c(c1)CCCO2. The molecule has 1 heterocycles. The summed E-state index contributed by atoms with van der Waals surface area (Å²) in [4.78, 5) is 11.3. The fourth-order valence-corrected chi connectivity index (χ4v) is 2.39. The van der Waals surface area contributed by atoms with Gasteiger partial charge in [0.2, 0.25) is 5.91 Å². The molecule has 0 aliphatic carbocycles. The molecule has 0 saturated heterocycles. The van der Waals surface area contributed by atoms with E-state index >= 15 is 0 Å². The topological polar surface area (TPSA) is 50.4 Å². The molecule has 4 nitrogen and oxygen atoms in total. The fourth-order valence-electron chi connectivity index (χ4n) is 2.39. The quantitative estimate of drug-likeness (QED) is 0.609. The molecule has 2 N–H and O–H groups in total. The van der Waals surface area contributed by atoms with Crippen LogP contribution >= 0.6 is 0 Å². The lowest BCUT2D eigenvalue weighted by Gasteiger charge is -2.17.